The zero-order valence-electron chi connectivity index (χ0n) is 12.3. The molecule has 5 heteroatoms. The highest BCUT2D eigenvalue weighted by Gasteiger charge is 2.26. The minimum absolute atomic E-state index is 0.0532. The summed E-state index contributed by atoms with van der Waals surface area (Å²) in [6, 6.07) is 7.65. The molecule has 3 rings (SSSR count). The summed E-state index contributed by atoms with van der Waals surface area (Å²) in [7, 11) is 0. The molecule has 0 spiro atoms. The second-order valence-electron chi connectivity index (χ2n) is 5.75. The molecule has 1 N–H and O–H groups in total. The second kappa shape index (κ2) is 5.85. The van der Waals surface area contributed by atoms with Gasteiger partial charge in [-0.25, -0.2) is 0 Å². The number of piperazine rings is 1. The summed E-state index contributed by atoms with van der Waals surface area (Å²) in [4.78, 5) is 28.2. The van der Waals surface area contributed by atoms with E-state index in [0.717, 1.165) is 38.3 Å². The monoisotopic (exact) mass is 287 g/mol. The summed E-state index contributed by atoms with van der Waals surface area (Å²) >= 11 is 0. The molecule has 2 amide bonds. The van der Waals surface area contributed by atoms with Gasteiger partial charge in [-0.05, 0) is 31.5 Å². The predicted molar refractivity (Wildman–Crippen MR) is 81.4 cm³/mol. The molecule has 1 atom stereocenters. The van der Waals surface area contributed by atoms with Crippen LogP contribution in [0.2, 0.25) is 0 Å². The average Bonchev–Trinajstić information content (AvgIpc) is 2.93. The molecule has 0 radical (unpaired) electrons. The van der Waals surface area contributed by atoms with E-state index in [9.17, 15) is 9.59 Å². The van der Waals surface area contributed by atoms with Gasteiger partial charge in [-0.2, -0.15) is 0 Å². The number of benzene rings is 1. The smallest absolute Gasteiger partial charge is 0.254 e. The van der Waals surface area contributed by atoms with Gasteiger partial charge in [0.15, 0.2) is 0 Å². The molecule has 0 unspecified atom stereocenters. The summed E-state index contributed by atoms with van der Waals surface area (Å²) in [5, 5.41) is 3.29. The number of nitrogens with one attached hydrogen (secondary N) is 1. The molecular weight excluding hydrogens is 266 g/mol. The Labute approximate surface area is 124 Å². The van der Waals surface area contributed by atoms with Gasteiger partial charge in [0.05, 0.1) is 0 Å². The fourth-order valence-corrected chi connectivity index (χ4v) is 3.04. The van der Waals surface area contributed by atoms with Gasteiger partial charge in [0.1, 0.15) is 0 Å². The average molecular weight is 287 g/mol. The maximum atomic E-state index is 12.7. The van der Waals surface area contributed by atoms with Crippen molar-refractivity contribution in [2.45, 2.75) is 25.8 Å². The van der Waals surface area contributed by atoms with E-state index >= 15 is 0 Å². The van der Waals surface area contributed by atoms with Crippen LogP contribution in [0.4, 0.5) is 5.69 Å². The zero-order chi connectivity index (χ0) is 14.8. The third-order valence-corrected chi connectivity index (χ3v) is 4.24. The van der Waals surface area contributed by atoms with Gasteiger partial charge in [0, 0.05) is 49.9 Å². The standard InChI is InChI=1S/C16H21N3O2/c1-12-11-17-7-9-18(12)16(21)13-4-2-5-14(10-13)19-8-3-6-15(19)20/h2,4-5,10,12,17H,3,6-9,11H2,1H3/t12-/m1/s1. The van der Waals surface area contributed by atoms with Crippen LogP contribution in [-0.4, -0.2) is 48.9 Å². The molecule has 21 heavy (non-hydrogen) atoms. The number of rotatable bonds is 2. The number of carbonyl (C=O) groups is 2. The zero-order valence-corrected chi connectivity index (χ0v) is 12.3. The van der Waals surface area contributed by atoms with Gasteiger partial charge < -0.3 is 15.1 Å². The van der Waals surface area contributed by atoms with E-state index in [1.54, 1.807) is 4.90 Å². The first kappa shape index (κ1) is 14.1. The van der Waals surface area contributed by atoms with Crippen LogP contribution in [0.3, 0.4) is 0 Å². The van der Waals surface area contributed by atoms with Crippen LogP contribution in [0.1, 0.15) is 30.1 Å². The minimum atomic E-state index is 0.0532. The Kier molecular flexibility index (Phi) is 3.92. The van der Waals surface area contributed by atoms with Gasteiger partial charge in [0.2, 0.25) is 5.91 Å². The Morgan fingerprint density at radius 3 is 2.90 bits per heavy atom. The predicted octanol–water partition coefficient (Wildman–Crippen LogP) is 1.25. The third kappa shape index (κ3) is 2.78. The van der Waals surface area contributed by atoms with E-state index in [-0.39, 0.29) is 17.9 Å². The van der Waals surface area contributed by atoms with E-state index in [1.807, 2.05) is 29.2 Å². The Morgan fingerprint density at radius 1 is 1.33 bits per heavy atom. The number of anilines is 1. The van der Waals surface area contributed by atoms with Crippen molar-refractivity contribution < 1.29 is 9.59 Å². The molecule has 5 nitrogen and oxygen atoms in total. The molecule has 112 valence electrons. The summed E-state index contributed by atoms with van der Waals surface area (Å²) in [5.74, 6) is 0.202. The van der Waals surface area contributed by atoms with Crippen molar-refractivity contribution in [2.75, 3.05) is 31.1 Å². The number of amides is 2. The van der Waals surface area contributed by atoms with Gasteiger partial charge in [-0.15, -0.1) is 0 Å². The quantitative estimate of drug-likeness (QED) is 0.890. The normalized spacial score (nSPS) is 22.7. The van der Waals surface area contributed by atoms with Crippen molar-refractivity contribution in [2.24, 2.45) is 0 Å². The highest BCUT2D eigenvalue weighted by atomic mass is 16.2. The van der Waals surface area contributed by atoms with E-state index in [4.69, 9.17) is 0 Å². The van der Waals surface area contributed by atoms with Gasteiger partial charge >= 0.3 is 0 Å². The fraction of sp³-hybridized carbons (Fsp3) is 0.500. The Balaban J connectivity index is 1.82. The summed E-state index contributed by atoms with van der Waals surface area (Å²) in [6.45, 7) is 5.20. The number of carbonyl (C=O) groups excluding carboxylic acids is 2. The molecule has 2 aliphatic heterocycles. The summed E-state index contributed by atoms with van der Waals surface area (Å²) in [6.07, 6.45) is 1.50. The van der Waals surface area contributed by atoms with Gasteiger partial charge in [-0.3, -0.25) is 9.59 Å². The van der Waals surface area contributed by atoms with Crippen LogP contribution < -0.4 is 10.2 Å². The Bertz CT molecular complexity index is 558. The lowest BCUT2D eigenvalue weighted by Crippen LogP contribution is -2.52. The number of nitrogens with zero attached hydrogens (tertiary/aromatic N) is 2. The summed E-state index contributed by atoms with van der Waals surface area (Å²) in [5.41, 5.74) is 1.51. The molecule has 2 saturated heterocycles. The number of hydrogen-bond acceptors (Lipinski definition) is 3. The molecule has 1 aromatic carbocycles. The maximum absolute atomic E-state index is 12.7. The van der Waals surface area contributed by atoms with E-state index in [1.165, 1.54) is 0 Å². The van der Waals surface area contributed by atoms with Crippen molar-refractivity contribution >= 4 is 17.5 Å². The molecule has 0 aromatic heterocycles. The maximum Gasteiger partial charge on any atom is 0.254 e. The lowest BCUT2D eigenvalue weighted by molar-refractivity contribution is -0.117. The molecule has 1 aromatic rings. The lowest BCUT2D eigenvalue weighted by atomic mass is 10.1. The first-order valence-electron chi connectivity index (χ1n) is 7.59. The topological polar surface area (TPSA) is 52.7 Å². The SMILES string of the molecule is C[C@@H]1CNCCN1C(=O)c1cccc(N2CCCC2=O)c1. The van der Waals surface area contributed by atoms with Crippen molar-refractivity contribution in [1.29, 1.82) is 0 Å². The highest BCUT2D eigenvalue weighted by molar-refractivity contribution is 5.99. The minimum Gasteiger partial charge on any atom is -0.333 e. The van der Waals surface area contributed by atoms with Crippen LogP contribution in [-0.2, 0) is 4.79 Å². The molecule has 0 bridgehead atoms. The van der Waals surface area contributed by atoms with Crippen LogP contribution in [0.15, 0.2) is 24.3 Å². The van der Waals surface area contributed by atoms with Gasteiger partial charge in [-0.1, -0.05) is 6.07 Å². The first-order valence-corrected chi connectivity index (χ1v) is 7.59. The molecule has 2 aliphatic rings. The van der Waals surface area contributed by atoms with Crippen molar-refractivity contribution in [3.8, 4) is 0 Å². The van der Waals surface area contributed by atoms with Crippen molar-refractivity contribution in [3.63, 3.8) is 0 Å². The van der Waals surface area contributed by atoms with Crippen molar-refractivity contribution in [1.82, 2.24) is 10.2 Å². The molecule has 0 saturated carbocycles. The molecule has 2 heterocycles. The number of hydrogen-bond donors (Lipinski definition) is 1. The summed E-state index contributed by atoms with van der Waals surface area (Å²) < 4.78 is 0. The molecule has 2 fully saturated rings. The van der Waals surface area contributed by atoms with Crippen LogP contribution in [0.5, 0.6) is 0 Å². The van der Waals surface area contributed by atoms with E-state index in [2.05, 4.69) is 12.2 Å². The first-order chi connectivity index (χ1) is 10.2. The third-order valence-electron chi connectivity index (χ3n) is 4.24. The van der Waals surface area contributed by atoms with E-state index in [0.29, 0.717) is 12.0 Å². The lowest BCUT2D eigenvalue weighted by Gasteiger charge is -2.34. The van der Waals surface area contributed by atoms with Crippen LogP contribution >= 0.6 is 0 Å². The second-order valence-corrected chi connectivity index (χ2v) is 5.75. The Morgan fingerprint density at radius 2 is 2.19 bits per heavy atom. The largest absolute Gasteiger partial charge is 0.333 e. The van der Waals surface area contributed by atoms with E-state index < -0.39 is 0 Å². The van der Waals surface area contributed by atoms with Crippen LogP contribution in [0.25, 0.3) is 0 Å². The highest BCUT2D eigenvalue weighted by Crippen LogP contribution is 2.23. The van der Waals surface area contributed by atoms with Gasteiger partial charge in [0.25, 0.3) is 5.91 Å². The van der Waals surface area contributed by atoms with Crippen molar-refractivity contribution in [3.05, 3.63) is 29.8 Å². The Hall–Kier alpha value is -1.88. The fourth-order valence-electron chi connectivity index (χ4n) is 3.04. The molecule has 0 aliphatic carbocycles. The van der Waals surface area contributed by atoms with Crippen LogP contribution in [0, 0.1) is 0 Å². The molecular formula is C16H21N3O2.